The van der Waals surface area contributed by atoms with Gasteiger partial charge < -0.3 is 25.4 Å². The van der Waals surface area contributed by atoms with Crippen LogP contribution in [0.1, 0.15) is 30.1 Å². The molecule has 0 spiro atoms. The lowest BCUT2D eigenvalue weighted by atomic mass is 9.96. The Labute approximate surface area is 222 Å². The number of rotatable bonds is 6. The van der Waals surface area contributed by atoms with Crippen molar-refractivity contribution in [2.75, 3.05) is 36.5 Å². The standard InChI is InChI=1S/C28H28F4N4O3/c1-15-8-16(33)13-36(12-15)24-4-6-34-11-23(24)35-28(37)19-2-3-20(29)26(27(19)32)25-21(30)9-18(10-22(25)31)39-17-5-7-38-14-17/h2-4,6,9-11,15-17H,5,7-8,12-14,33H2,1H3,(H,35,37)/t15-,16+,17?/m1/s1. The number of hydrogen-bond acceptors (Lipinski definition) is 6. The van der Waals surface area contributed by atoms with Crippen LogP contribution in [0.4, 0.5) is 28.9 Å². The van der Waals surface area contributed by atoms with E-state index in [0.29, 0.717) is 43.4 Å². The van der Waals surface area contributed by atoms with Gasteiger partial charge >= 0.3 is 0 Å². The third-order valence-corrected chi connectivity index (χ3v) is 6.87. The number of hydrogen-bond donors (Lipinski definition) is 2. The Morgan fingerprint density at radius 3 is 2.56 bits per heavy atom. The molecule has 1 aromatic heterocycles. The van der Waals surface area contributed by atoms with Crippen LogP contribution in [0, 0.1) is 29.2 Å². The molecule has 11 heteroatoms. The number of piperidine rings is 1. The van der Waals surface area contributed by atoms with Crippen LogP contribution in [0.15, 0.2) is 42.7 Å². The molecule has 2 aromatic carbocycles. The van der Waals surface area contributed by atoms with Gasteiger partial charge in [0.05, 0.1) is 47.5 Å². The van der Waals surface area contributed by atoms with E-state index in [1.165, 1.54) is 6.20 Å². The molecule has 5 rings (SSSR count). The molecule has 206 valence electrons. The average Bonchev–Trinajstić information content (AvgIpc) is 3.38. The van der Waals surface area contributed by atoms with Crippen molar-refractivity contribution in [1.29, 1.82) is 0 Å². The van der Waals surface area contributed by atoms with Gasteiger partial charge in [0, 0.05) is 43.9 Å². The summed E-state index contributed by atoms with van der Waals surface area (Å²) in [6.45, 7) is 4.05. The monoisotopic (exact) mass is 544 g/mol. The Morgan fingerprint density at radius 2 is 1.87 bits per heavy atom. The maximum Gasteiger partial charge on any atom is 0.258 e. The van der Waals surface area contributed by atoms with E-state index in [-0.39, 0.29) is 24.5 Å². The number of pyridine rings is 1. The van der Waals surface area contributed by atoms with Crippen LogP contribution in [0.5, 0.6) is 5.75 Å². The Balaban J connectivity index is 1.44. The molecule has 2 aliphatic heterocycles. The molecule has 3 heterocycles. The van der Waals surface area contributed by atoms with Crippen molar-refractivity contribution in [2.24, 2.45) is 11.7 Å². The van der Waals surface area contributed by atoms with Crippen LogP contribution in [0.2, 0.25) is 0 Å². The van der Waals surface area contributed by atoms with Crippen molar-refractivity contribution in [1.82, 2.24) is 4.98 Å². The second-order valence-corrected chi connectivity index (χ2v) is 10.0. The van der Waals surface area contributed by atoms with Crippen LogP contribution in [0.25, 0.3) is 11.1 Å². The summed E-state index contributed by atoms with van der Waals surface area (Å²) in [4.78, 5) is 19.2. The number of halogens is 4. The molecule has 0 bridgehead atoms. The molecule has 3 atom stereocenters. The quantitative estimate of drug-likeness (QED) is 0.430. The lowest BCUT2D eigenvalue weighted by Crippen LogP contribution is -2.46. The summed E-state index contributed by atoms with van der Waals surface area (Å²) in [5.41, 5.74) is 4.59. The van der Waals surface area contributed by atoms with Crippen molar-refractivity contribution in [2.45, 2.75) is 31.9 Å². The number of anilines is 2. The van der Waals surface area contributed by atoms with E-state index >= 15 is 13.2 Å². The lowest BCUT2D eigenvalue weighted by molar-refractivity contribution is 0.102. The summed E-state index contributed by atoms with van der Waals surface area (Å²) >= 11 is 0. The van der Waals surface area contributed by atoms with E-state index < -0.39 is 45.9 Å². The smallest absolute Gasteiger partial charge is 0.258 e. The zero-order valence-corrected chi connectivity index (χ0v) is 21.2. The van der Waals surface area contributed by atoms with Crippen LogP contribution in [-0.2, 0) is 4.74 Å². The highest BCUT2D eigenvalue weighted by molar-refractivity contribution is 6.06. The van der Waals surface area contributed by atoms with Gasteiger partial charge in [0.15, 0.2) is 0 Å². The van der Waals surface area contributed by atoms with Gasteiger partial charge in [0.25, 0.3) is 5.91 Å². The van der Waals surface area contributed by atoms with Gasteiger partial charge in [-0.25, -0.2) is 17.6 Å². The van der Waals surface area contributed by atoms with Crippen LogP contribution in [-0.4, -0.2) is 49.3 Å². The number of carbonyl (C=O) groups excluding carboxylic acids is 1. The molecule has 2 fully saturated rings. The van der Waals surface area contributed by atoms with Gasteiger partial charge in [-0.2, -0.15) is 0 Å². The first kappa shape index (κ1) is 26.9. The van der Waals surface area contributed by atoms with Crippen molar-refractivity contribution >= 4 is 17.3 Å². The molecule has 0 radical (unpaired) electrons. The largest absolute Gasteiger partial charge is 0.488 e. The Kier molecular flexibility index (Phi) is 7.72. The summed E-state index contributed by atoms with van der Waals surface area (Å²) in [5, 5.41) is 2.61. The highest BCUT2D eigenvalue weighted by Crippen LogP contribution is 2.36. The van der Waals surface area contributed by atoms with Gasteiger partial charge in [-0.15, -0.1) is 0 Å². The van der Waals surface area contributed by atoms with Crippen molar-refractivity contribution in [3.63, 3.8) is 0 Å². The molecule has 1 unspecified atom stereocenters. The fourth-order valence-corrected chi connectivity index (χ4v) is 5.16. The van der Waals surface area contributed by atoms with E-state index in [1.807, 2.05) is 4.90 Å². The zero-order chi connectivity index (χ0) is 27.7. The van der Waals surface area contributed by atoms with Crippen molar-refractivity contribution in [3.05, 3.63) is 71.6 Å². The number of nitrogens with zero attached hydrogens (tertiary/aromatic N) is 2. The third kappa shape index (κ3) is 5.69. The molecule has 2 saturated heterocycles. The number of carbonyl (C=O) groups is 1. The predicted octanol–water partition coefficient (Wildman–Crippen LogP) is 4.90. The topological polar surface area (TPSA) is 89.7 Å². The molecule has 39 heavy (non-hydrogen) atoms. The Hall–Kier alpha value is -3.70. The molecule has 2 aliphatic rings. The summed E-state index contributed by atoms with van der Waals surface area (Å²) in [7, 11) is 0. The number of ether oxygens (including phenoxy) is 2. The van der Waals surface area contributed by atoms with Gasteiger partial charge in [0.2, 0.25) is 0 Å². The SMILES string of the molecule is C[C@@H]1C[C@H](N)CN(c2ccncc2NC(=O)c2ccc(F)c(-c3c(F)cc(OC4CCOC4)cc3F)c2F)C1. The minimum atomic E-state index is -1.40. The number of amides is 1. The van der Waals surface area contributed by atoms with E-state index in [2.05, 4.69) is 17.2 Å². The van der Waals surface area contributed by atoms with E-state index in [0.717, 1.165) is 30.7 Å². The minimum Gasteiger partial charge on any atom is -0.488 e. The zero-order valence-electron chi connectivity index (χ0n) is 21.2. The molecule has 3 aromatic rings. The fraction of sp³-hybridized carbons (Fsp3) is 0.357. The first-order chi connectivity index (χ1) is 18.7. The van der Waals surface area contributed by atoms with Crippen molar-refractivity contribution < 1.29 is 31.8 Å². The van der Waals surface area contributed by atoms with Crippen molar-refractivity contribution in [3.8, 4) is 16.9 Å². The summed E-state index contributed by atoms with van der Waals surface area (Å²) in [6, 6.07) is 5.08. The highest BCUT2D eigenvalue weighted by atomic mass is 19.1. The van der Waals surface area contributed by atoms with Gasteiger partial charge in [0.1, 0.15) is 35.1 Å². The van der Waals surface area contributed by atoms with Gasteiger partial charge in [-0.1, -0.05) is 6.92 Å². The number of benzene rings is 2. The first-order valence-corrected chi connectivity index (χ1v) is 12.7. The third-order valence-electron chi connectivity index (χ3n) is 6.87. The molecule has 1 amide bonds. The average molecular weight is 545 g/mol. The summed E-state index contributed by atoms with van der Waals surface area (Å²) < 4.78 is 71.1. The molecular weight excluding hydrogens is 516 g/mol. The van der Waals surface area contributed by atoms with E-state index in [1.54, 1.807) is 12.3 Å². The Bertz CT molecular complexity index is 1350. The maximum absolute atomic E-state index is 15.6. The van der Waals surface area contributed by atoms with Crippen LogP contribution >= 0.6 is 0 Å². The second kappa shape index (κ2) is 11.2. The van der Waals surface area contributed by atoms with Crippen LogP contribution < -0.4 is 20.7 Å². The first-order valence-electron chi connectivity index (χ1n) is 12.7. The molecular formula is C28H28F4N4O3. The highest BCUT2D eigenvalue weighted by Gasteiger charge is 2.28. The fourth-order valence-electron chi connectivity index (χ4n) is 5.16. The molecule has 7 nitrogen and oxygen atoms in total. The van der Waals surface area contributed by atoms with Gasteiger partial charge in [-0.3, -0.25) is 9.78 Å². The molecule has 0 saturated carbocycles. The number of nitrogens with one attached hydrogen (secondary N) is 1. The minimum absolute atomic E-state index is 0.0596. The van der Waals surface area contributed by atoms with Gasteiger partial charge in [-0.05, 0) is 30.5 Å². The Morgan fingerprint density at radius 1 is 1.10 bits per heavy atom. The summed E-state index contributed by atoms with van der Waals surface area (Å²) in [5.74, 6) is -5.83. The van der Waals surface area contributed by atoms with E-state index in [4.69, 9.17) is 15.2 Å². The molecule has 3 N–H and O–H groups in total. The maximum atomic E-state index is 15.6. The predicted molar refractivity (Wildman–Crippen MR) is 138 cm³/mol. The summed E-state index contributed by atoms with van der Waals surface area (Å²) in [6.07, 6.45) is 4.01. The number of nitrogens with two attached hydrogens (primary N) is 1. The van der Waals surface area contributed by atoms with E-state index in [9.17, 15) is 9.18 Å². The van der Waals surface area contributed by atoms with Crippen LogP contribution in [0.3, 0.4) is 0 Å². The number of aromatic nitrogens is 1. The lowest BCUT2D eigenvalue weighted by Gasteiger charge is -2.37. The second-order valence-electron chi connectivity index (χ2n) is 10.0. The molecule has 0 aliphatic carbocycles. The normalized spacial score (nSPS) is 21.2.